The third kappa shape index (κ3) is 3.12. The molecule has 0 bridgehead atoms. The van der Waals surface area contributed by atoms with Crippen LogP contribution in [0.1, 0.15) is 30.9 Å². The molecule has 0 unspecified atom stereocenters. The maximum absolute atomic E-state index is 12.6. The summed E-state index contributed by atoms with van der Waals surface area (Å²) in [6.45, 7) is 4.09. The second-order valence-corrected chi connectivity index (χ2v) is 5.24. The number of benzene rings is 1. The van der Waals surface area contributed by atoms with Crippen LogP contribution >= 0.6 is 11.6 Å². The van der Waals surface area contributed by atoms with Crippen LogP contribution in [0, 0.1) is 0 Å². The van der Waals surface area contributed by atoms with Gasteiger partial charge >= 0.3 is 6.18 Å². The number of hydrogen-bond acceptors (Lipinski definition) is 1. The molecule has 0 aliphatic heterocycles. The maximum Gasteiger partial charge on any atom is 0.417 e. The minimum Gasteiger partial charge on any atom is -0.254 e. The van der Waals surface area contributed by atoms with Gasteiger partial charge in [0.25, 0.3) is 0 Å². The topological polar surface area (TPSA) is 12.9 Å². The molecule has 1 aromatic carbocycles. The summed E-state index contributed by atoms with van der Waals surface area (Å²) in [6.07, 6.45) is -3.63. The van der Waals surface area contributed by atoms with Gasteiger partial charge in [0.1, 0.15) is 0 Å². The van der Waals surface area contributed by atoms with Gasteiger partial charge in [0.05, 0.1) is 16.3 Å². The van der Waals surface area contributed by atoms with E-state index < -0.39 is 11.7 Å². The van der Waals surface area contributed by atoms with Crippen molar-refractivity contribution in [2.24, 2.45) is 0 Å². The zero-order valence-corrected chi connectivity index (χ0v) is 11.8. The summed E-state index contributed by atoms with van der Waals surface area (Å²) in [7, 11) is 0. The Morgan fingerprint density at radius 1 is 1.15 bits per heavy atom. The van der Waals surface area contributed by atoms with Crippen molar-refractivity contribution < 1.29 is 13.2 Å². The molecule has 1 heterocycles. The van der Waals surface area contributed by atoms with Gasteiger partial charge in [-0.05, 0) is 23.6 Å². The highest BCUT2D eigenvalue weighted by Gasteiger charge is 2.31. The molecule has 5 heteroatoms. The van der Waals surface area contributed by atoms with Crippen LogP contribution in [0.2, 0.25) is 5.02 Å². The highest BCUT2D eigenvalue weighted by molar-refractivity contribution is 6.33. The van der Waals surface area contributed by atoms with E-state index in [0.29, 0.717) is 11.6 Å². The zero-order chi connectivity index (χ0) is 14.9. The van der Waals surface area contributed by atoms with E-state index in [1.807, 2.05) is 32.0 Å². The lowest BCUT2D eigenvalue weighted by Crippen LogP contribution is -2.05. The van der Waals surface area contributed by atoms with Crippen molar-refractivity contribution in [2.75, 3.05) is 0 Å². The second-order valence-electron chi connectivity index (χ2n) is 4.83. The molecule has 0 saturated carbocycles. The Morgan fingerprint density at radius 3 is 2.40 bits per heavy atom. The first-order valence-electron chi connectivity index (χ1n) is 6.12. The van der Waals surface area contributed by atoms with E-state index in [1.54, 1.807) is 6.07 Å². The van der Waals surface area contributed by atoms with Gasteiger partial charge in [-0.15, -0.1) is 0 Å². The minimum atomic E-state index is -4.44. The third-order valence-corrected chi connectivity index (χ3v) is 3.28. The fourth-order valence-corrected chi connectivity index (χ4v) is 2.13. The quantitative estimate of drug-likeness (QED) is 0.709. The van der Waals surface area contributed by atoms with Crippen molar-refractivity contribution in [3.8, 4) is 11.3 Å². The predicted molar refractivity (Wildman–Crippen MR) is 73.8 cm³/mol. The standard InChI is InChI=1S/C15H13ClF3N/c1-9(2)10-4-3-5-11(6-10)14-13(16)7-12(8-20-14)15(17,18)19/h3-9H,1-2H3. The number of rotatable bonds is 2. The molecule has 1 nitrogen and oxygen atoms in total. The minimum absolute atomic E-state index is 0.000677. The summed E-state index contributed by atoms with van der Waals surface area (Å²) < 4.78 is 37.7. The number of nitrogens with zero attached hydrogens (tertiary/aromatic N) is 1. The molecule has 0 aliphatic carbocycles. The normalized spacial score (nSPS) is 11.9. The fourth-order valence-electron chi connectivity index (χ4n) is 1.85. The van der Waals surface area contributed by atoms with Crippen LogP contribution in [0.25, 0.3) is 11.3 Å². The lowest BCUT2D eigenvalue weighted by Gasteiger charge is -2.11. The first-order valence-corrected chi connectivity index (χ1v) is 6.50. The van der Waals surface area contributed by atoms with Gasteiger partial charge in [-0.1, -0.05) is 43.6 Å². The molecule has 0 amide bonds. The average Bonchev–Trinajstić information content (AvgIpc) is 2.37. The molecule has 106 valence electrons. The van der Waals surface area contributed by atoms with Crippen molar-refractivity contribution in [3.05, 3.63) is 52.7 Å². The summed E-state index contributed by atoms with van der Waals surface area (Å²) in [5.74, 6) is 0.322. The van der Waals surface area contributed by atoms with Gasteiger partial charge in [-0.25, -0.2) is 0 Å². The molecule has 0 atom stereocenters. The largest absolute Gasteiger partial charge is 0.417 e. The molecule has 0 spiro atoms. The van der Waals surface area contributed by atoms with E-state index in [1.165, 1.54) is 0 Å². The van der Waals surface area contributed by atoms with Crippen molar-refractivity contribution in [1.29, 1.82) is 0 Å². The third-order valence-electron chi connectivity index (χ3n) is 3.00. The smallest absolute Gasteiger partial charge is 0.254 e. The summed E-state index contributed by atoms with van der Waals surface area (Å²) >= 11 is 5.94. The first-order chi connectivity index (χ1) is 9.29. The Labute approximate surface area is 120 Å². The number of pyridine rings is 1. The summed E-state index contributed by atoms with van der Waals surface area (Å²) in [4.78, 5) is 3.86. The van der Waals surface area contributed by atoms with Crippen molar-refractivity contribution in [2.45, 2.75) is 25.9 Å². The Kier molecular flexibility index (Phi) is 4.04. The van der Waals surface area contributed by atoms with Crippen LogP contribution in [0.4, 0.5) is 13.2 Å². The van der Waals surface area contributed by atoms with Crippen LogP contribution in [-0.4, -0.2) is 4.98 Å². The summed E-state index contributed by atoms with van der Waals surface area (Å²) in [6, 6.07) is 8.40. The van der Waals surface area contributed by atoms with E-state index in [4.69, 9.17) is 11.6 Å². The number of alkyl halides is 3. The number of halogens is 4. The highest BCUT2D eigenvalue weighted by Crippen LogP contribution is 2.34. The lowest BCUT2D eigenvalue weighted by atomic mass is 9.99. The Balaban J connectivity index is 2.46. The van der Waals surface area contributed by atoms with Crippen molar-refractivity contribution >= 4 is 11.6 Å². The molecule has 1 aromatic heterocycles. The van der Waals surface area contributed by atoms with Gasteiger partial charge in [0.15, 0.2) is 0 Å². The molecule has 20 heavy (non-hydrogen) atoms. The van der Waals surface area contributed by atoms with Crippen LogP contribution in [0.15, 0.2) is 36.5 Å². The number of hydrogen-bond donors (Lipinski definition) is 0. The Bertz CT molecular complexity index is 621. The first kappa shape index (κ1) is 14.9. The molecule has 0 saturated heterocycles. The second kappa shape index (κ2) is 5.44. The van der Waals surface area contributed by atoms with Crippen LogP contribution in [0.3, 0.4) is 0 Å². The Hall–Kier alpha value is -1.55. The van der Waals surface area contributed by atoms with Gasteiger partial charge in [0.2, 0.25) is 0 Å². The van der Waals surface area contributed by atoms with E-state index in [0.717, 1.165) is 23.4 Å². The fraction of sp³-hybridized carbons (Fsp3) is 0.267. The van der Waals surface area contributed by atoms with Crippen LogP contribution in [-0.2, 0) is 6.18 Å². The molecule has 0 aliphatic rings. The summed E-state index contributed by atoms with van der Waals surface area (Å²) in [5.41, 5.74) is 1.32. The SMILES string of the molecule is CC(C)c1cccc(-c2ncc(C(F)(F)F)cc2Cl)c1. The lowest BCUT2D eigenvalue weighted by molar-refractivity contribution is -0.137. The van der Waals surface area contributed by atoms with E-state index >= 15 is 0 Å². The van der Waals surface area contributed by atoms with Crippen LogP contribution < -0.4 is 0 Å². The van der Waals surface area contributed by atoms with E-state index in [2.05, 4.69) is 4.98 Å². The molecular formula is C15H13ClF3N. The van der Waals surface area contributed by atoms with Gasteiger partial charge in [0, 0.05) is 11.8 Å². The molecular weight excluding hydrogens is 287 g/mol. The van der Waals surface area contributed by atoms with Crippen molar-refractivity contribution in [3.63, 3.8) is 0 Å². The van der Waals surface area contributed by atoms with E-state index in [9.17, 15) is 13.2 Å². The van der Waals surface area contributed by atoms with Gasteiger partial charge in [-0.3, -0.25) is 4.98 Å². The van der Waals surface area contributed by atoms with Gasteiger partial charge in [-0.2, -0.15) is 13.2 Å². The van der Waals surface area contributed by atoms with Gasteiger partial charge < -0.3 is 0 Å². The Morgan fingerprint density at radius 2 is 1.85 bits per heavy atom. The number of aromatic nitrogens is 1. The molecule has 0 fully saturated rings. The molecule has 0 N–H and O–H groups in total. The monoisotopic (exact) mass is 299 g/mol. The maximum atomic E-state index is 12.6. The average molecular weight is 300 g/mol. The molecule has 2 aromatic rings. The van der Waals surface area contributed by atoms with Crippen molar-refractivity contribution in [1.82, 2.24) is 4.98 Å². The summed E-state index contributed by atoms with van der Waals surface area (Å²) in [5, 5.41) is 0.000677. The zero-order valence-electron chi connectivity index (χ0n) is 11.0. The highest BCUT2D eigenvalue weighted by atomic mass is 35.5. The molecule has 0 radical (unpaired) electrons. The van der Waals surface area contributed by atoms with E-state index in [-0.39, 0.29) is 5.02 Å². The molecule has 2 rings (SSSR count). The predicted octanol–water partition coefficient (Wildman–Crippen LogP) is 5.54. The van der Waals surface area contributed by atoms with Crippen LogP contribution in [0.5, 0.6) is 0 Å².